The summed E-state index contributed by atoms with van der Waals surface area (Å²) in [6.07, 6.45) is 2.83. The van der Waals surface area contributed by atoms with Gasteiger partial charge in [0.05, 0.1) is 23.4 Å². The summed E-state index contributed by atoms with van der Waals surface area (Å²) in [7, 11) is -3.30. The lowest BCUT2D eigenvalue weighted by atomic mass is 9.89. The van der Waals surface area contributed by atoms with E-state index in [4.69, 9.17) is 4.74 Å². The average Bonchev–Trinajstić information content (AvgIpc) is 3.04. The predicted octanol–water partition coefficient (Wildman–Crippen LogP) is 0.219. The zero-order chi connectivity index (χ0) is 18.1. The molecular weight excluding hydrogens is 346 g/mol. The van der Waals surface area contributed by atoms with E-state index in [1.807, 2.05) is 0 Å². The maximum atomic E-state index is 12.5. The van der Waals surface area contributed by atoms with Gasteiger partial charge < -0.3 is 15.0 Å². The SMILES string of the molecule is CS(=O)(=O)c1ccc(C2(NC(=O)c3cc(=O)[nH]cn3)CCOC2)cc1. The maximum Gasteiger partial charge on any atom is 0.270 e. The van der Waals surface area contributed by atoms with E-state index in [9.17, 15) is 18.0 Å². The molecule has 1 aromatic carbocycles. The number of H-pyrrole nitrogens is 1. The van der Waals surface area contributed by atoms with Gasteiger partial charge in [-0.15, -0.1) is 0 Å². The van der Waals surface area contributed by atoms with Gasteiger partial charge in [0.2, 0.25) is 0 Å². The van der Waals surface area contributed by atoms with Gasteiger partial charge in [-0.1, -0.05) is 12.1 Å². The molecule has 1 atom stereocenters. The Morgan fingerprint density at radius 1 is 1.32 bits per heavy atom. The van der Waals surface area contributed by atoms with Crippen molar-refractivity contribution in [3.63, 3.8) is 0 Å². The molecule has 2 heterocycles. The number of hydrogen-bond donors (Lipinski definition) is 2. The van der Waals surface area contributed by atoms with Gasteiger partial charge in [-0.3, -0.25) is 9.59 Å². The molecule has 25 heavy (non-hydrogen) atoms. The maximum absolute atomic E-state index is 12.5. The highest BCUT2D eigenvalue weighted by Crippen LogP contribution is 2.31. The van der Waals surface area contributed by atoms with Crippen LogP contribution in [-0.4, -0.2) is 43.8 Å². The third-order valence-electron chi connectivity index (χ3n) is 4.12. The third kappa shape index (κ3) is 3.62. The first-order chi connectivity index (χ1) is 11.8. The lowest BCUT2D eigenvalue weighted by molar-refractivity contribution is 0.0870. The number of carbonyl (C=O) groups excluding carboxylic acids is 1. The first-order valence-electron chi connectivity index (χ1n) is 7.56. The first kappa shape index (κ1) is 17.3. The highest BCUT2D eigenvalue weighted by Gasteiger charge is 2.38. The summed E-state index contributed by atoms with van der Waals surface area (Å²) in [5.74, 6) is -0.496. The molecule has 0 aliphatic carbocycles. The third-order valence-corrected chi connectivity index (χ3v) is 5.25. The van der Waals surface area contributed by atoms with Crippen molar-refractivity contribution in [2.75, 3.05) is 19.5 Å². The molecule has 0 spiro atoms. The lowest BCUT2D eigenvalue weighted by Gasteiger charge is -2.29. The Hall–Kier alpha value is -2.52. The Bertz CT molecular complexity index is 944. The van der Waals surface area contributed by atoms with Crippen molar-refractivity contribution in [1.82, 2.24) is 15.3 Å². The number of nitrogens with one attached hydrogen (secondary N) is 2. The molecule has 1 aliphatic rings. The number of hydrogen-bond acceptors (Lipinski definition) is 6. The fourth-order valence-corrected chi connectivity index (χ4v) is 3.39. The van der Waals surface area contributed by atoms with Crippen molar-refractivity contribution in [2.45, 2.75) is 16.9 Å². The summed E-state index contributed by atoms with van der Waals surface area (Å²) < 4.78 is 28.7. The van der Waals surface area contributed by atoms with Gasteiger partial charge in [0.1, 0.15) is 5.69 Å². The smallest absolute Gasteiger partial charge is 0.270 e. The number of aromatic amines is 1. The van der Waals surface area contributed by atoms with Crippen LogP contribution in [0.3, 0.4) is 0 Å². The van der Waals surface area contributed by atoms with E-state index < -0.39 is 26.8 Å². The van der Waals surface area contributed by atoms with Crippen molar-refractivity contribution in [2.24, 2.45) is 0 Å². The van der Waals surface area contributed by atoms with Crippen LogP contribution in [0.4, 0.5) is 0 Å². The van der Waals surface area contributed by atoms with Crippen LogP contribution in [0, 0.1) is 0 Å². The molecule has 2 aromatic rings. The van der Waals surface area contributed by atoms with E-state index in [1.54, 1.807) is 12.1 Å². The molecule has 1 saturated heterocycles. The van der Waals surface area contributed by atoms with Crippen LogP contribution in [0.1, 0.15) is 22.5 Å². The average molecular weight is 363 g/mol. The molecule has 0 bridgehead atoms. The standard InChI is InChI=1S/C16H17N3O5S/c1-25(22,23)12-4-2-11(3-5-12)16(6-7-24-9-16)19-15(21)13-8-14(20)18-10-17-13/h2-5,8,10H,6-7,9H2,1H3,(H,19,21)(H,17,18,20). The lowest BCUT2D eigenvalue weighted by Crippen LogP contribution is -2.47. The second-order valence-corrected chi connectivity index (χ2v) is 7.95. The van der Waals surface area contributed by atoms with Crippen LogP contribution in [0.5, 0.6) is 0 Å². The van der Waals surface area contributed by atoms with E-state index in [2.05, 4.69) is 15.3 Å². The highest BCUT2D eigenvalue weighted by molar-refractivity contribution is 7.90. The summed E-state index contributed by atoms with van der Waals surface area (Å²) in [6, 6.07) is 7.45. The molecule has 1 aromatic heterocycles. The first-order valence-corrected chi connectivity index (χ1v) is 9.45. The Morgan fingerprint density at radius 3 is 2.60 bits per heavy atom. The van der Waals surface area contributed by atoms with Gasteiger partial charge in [-0.25, -0.2) is 13.4 Å². The quantitative estimate of drug-likeness (QED) is 0.802. The topological polar surface area (TPSA) is 118 Å². The van der Waals surface area contributed by atoms with Gasteiger partial charge >= 0.3 is 0 Å². The minimum atomic E-state index is -3.30. The van der Waals surface area contributed by atoms with Crippen LogP contribution in [0.2, 0.25) is 0 Å². The van der Waals surface area contributed by atoms with Crippen LogP contribution in [0.25, 0.3) is 0 Å². The molecule has 0 saturated carbocycles. The second-order valence-electron chi connectivity index (χ2n) is 5.93. The predicted molar refractivity (Wildman–Crippen MR) is 89.0 cm³/mol. The van der Waals surface area contributed by atoms with E-state index >= 15 is 0 Å². The minimum Gasteiger partial charge on any atom is -0.379 e. The number of benzene rings is 1. The number of rotatable bonds is 4. The van der Waals surface area contributed by atoms with Gasteiger partial charge in [0.15, 0.2) is 9.84 Å². The van der Waals surface area contributed by atoms with Crippen molar-refractivity contribution < 1.29 is 17.9 Å². The molecule has 0 radical (unpaired) electrons. The van der Waals surface area contributed by atoms with E-state index in [0.29, 0.717) is 13.0 Å². The Morgan fingerprint density at radius 2 is 2.04 bits per heavy atom. The minimum absolute atomic E-state index is 0.00258. The summed E-state index contributed by atoms with van der Waals surface area (Å²) in [5.41, 5.74) is -0.482. The molecule has 1 amide bonds. The van der Waals surface area contributed by atoms with E-state index in [-0.39, 0.29) is 17.2 Å². The molecule has 132 valence electrons. The number of carbonyl (C=O) groups is 1. The van der Waals surface area contributed by atoms with Crippen molar-refractivity contribution in [1.29, 1.82) is 0 Å². The van der Waals surface area contributed by atoms with Gasteiger partial charge in [0.25, 0.3) is 11.5 Å². The molecule has 8 nitrogen and oxygen atoms in total. The van der Waals surface area contributed by atoms with Crippen molar-refractivity contribution in [3.05, 3.63) is 58.3 Å². The van der Waals surface area contributed by atoms with Gasteiger partial charge in [0, 0.05) is 25.3 Å². The van der Waals surface area contributed by atoms with Crippen LogP contribution in [-0.2, 0) is 20.1 Å². The molecule has 9 heteroatoms. The molecule has 3 rings (SSSR count). The number of sulfone groups is 1. The van der Waals surface area contributed by atoms with Crippen LogP contribution in [0.15, 0.2) is 46.3 Å². The van der Waals surface area contributed by atoms with Crippen LogP contribution >= 0.6 is 0 Å². The Labute approximate surface area is 144 Å². The van der Waals surface area contributed by atoms with Gasteiger partial charge in [-0.05, 0) is 17.7 Å². The summed E-state index contributed by atoms with van der Waals surface area (Å²) in [6.45, 7) is 0.705. The van der Waals surface area contributed by atoms with E-state index in [0.717, 1.165) is 24.2 Å². The molecule has 2 N–H and O–H groups in total. The number of ether oxygens (including phenoxy) is 1. The highest BCUT2D eigenvalue weighted by atomic mass is 32.2. The normalized spacial score (nSPS) is 20.4. The zero-order valence-corrected chi connectivity index (χ0v) is 14.3. The molecular formula is C16H17N3O5S. The fourth-order valence-electron chi connectivity index (χ4n) is 2.76. The number of amides is 1. The van der Waals surface area contributed by atoms with Crippen molar-refractivity contribution in [3.8, 4) is 0 Å². The molecule has 1 aliphatic heterocycles. The van der Waals surface area contributed by atoms with Crippen LogP contribution < -0.4 is 10.9 Å². The number of nitrogens with zero attached hydrogens (tertiary/aromatic N) is 1. The molecule has 1 unspecified atom stereocenters. The van der Waals surface area contributed by atoms with E-state index in [1.165, 1.54) is 12.1 Å². The monoisotopic (exact) mass is 363 g/mol. The van der Waals surface area contributed by atoms with Crippen molar-refractivity contribution >= 4 is 15.7 Å². The molecule has 1 fully saturated rings. The van der Waals surface area contributed by atoms with Gasteiger partial charge in [-0.2, -0.15) is 0 Å². The fraction of sp³-hybridized carbons (Fsp3) is 0.312. The summed E-state index contributed by atoms with van der Waals surface area (Å²) in [4.78, 5) is 30.3. The Balaban J connectivity index is 1.92. The summed E-state index contributed by atoms with van der Waals surface area (Å²) in [5, 5.41) is 2.88. The summed E-state index contributed by atoms with van der Waals surface area (Å²) >= 11 is 0. The zero-order valence-electron chi connectivity index (χ0n) is 13.5. The Kier molecular flexibility index (Phi) is 4.44. The second kappa shape index (κ2) is 6.41. The largest absolute Gasteiger partial charge is 0.379 e. The number of aromatic nitrogens is 2.